The molecule has 2 heteroatoms. The summed E-state index contributed by atoms with van der Waals surface area (Å²) in [6, 6.07) is 13.7. The second-order valence-corrected chi connectivity index (χ2v) is 4.57. The van der Waals surface area contributed by atoms with E-state index in [2.05, 4.69) is 41.7 Å². The fourth-order valence-electron chi connectivity index (χ4n) is 3.03. The SMILES string of the molecule is CC1=NC2c3cccc4cccc(c34)C2N1. The molecule has 2 atom stereocenters. The van der Waals surface area contributed by atoms with Gasteiger partial charge in [0.1, 0.15) is 6.04 Å². The van der Waals surface area contributed by atoms with Gasteiger partial charge in [0.2, 0.25) is 0 Å². The molecule has 0 fully saturated rings. The number of rotatable bonds is 0. The van der Waals surface area contributed by atoms with E-state index in [1.807, 2.05) is 6.92 Å². The van der Waals surface area contributed by atoms with Crippen molar-refractivity contribution in [3.05, 3.63) is 47.5 Å². The maximum absolute atomic E-state index is 4.70. The zero-order chi connectivity index (χ0) is 10.7. The summed E-state index contributed by atoms with van der Waals surface area (Å²) >= 11 is 0. The first-order valence-electron chi connectivity index (χ1n) is 5.67. The van der Waals surface area contributed by atoms with Gasteiger partial charge in [0.25, 0.3) is 0 Å². The van der Waals surface area contributed by atoms with E-state index in [1.165, 1.54) is 21.9 Å². The van der Waals surface area contributed by atoms with Gasteiger partial charge in [0.15, 0.2) is 0 Å². The molecule has 2 aromatic rings. The highest BCUT2D eigenvalue weighted by molar-refractivity contribution is 5.95. The van der Waals surface area contributed by atoms with Gasteiger partial charge < -0.3 is 5.32 Å². The molecule has 16 heavy (non-hydrogen) atoms. The molecule has 2 unspecified atom stereocenters. The van der Waals surface area contributed by atoms with Crippen molar-refractivity contribution in [2.45, 2.75) is 19.0 Å². The smallest absolute Gasteiger partial charge is 0.102 e. The van der Waals surface area contributed by atoms with Crippen LogP contribution in [0.15, 0.2) is 41.4 Å². The van der Waals surface area contributed by atoms with E-state index in [0.717, 1.165) is 5.84 Å². The highest BCUT2D eigenvalue weighted by Crippen LogP contribution is 2.47. The Morgan fingerprint density at radius 2 is 1.81 bits per heavy atom. The number of benzene rings is 2. The minimum Gasteiger partial charge on any atom is -0.365 e. The zero-order valence-corrected chi connectivity index (χ0v) is 9.07. The summed E-state index contributed by atoms with van der Waals surface area (Å²) in [7, 11) is 0. The number of fused-ring (bicyclic) bond motifs is 3. The van der Waals surface area contributed by atoms with Gasteiger partial charge in [-0.3, -0.25) is 4.99 Å². The van der Waals surface area contributed by atoms with Crippen LogP contribution in [0, 0.1) is 0 Å². The first-order valence-corrected chi connectivity index (χ1v) is 5.67. The molecule has 0 saturated carbocycles. The summed E-state index contributed by atoms with van der Waals surface area (Å²) in [5, 5.41) is 6.21. The van der Waals surface area contributed by atoms with Crippen molar-refractivity contribution in [1.82, 2.24) is 5.32 Å². The Balaban J connectivity index is 2.11. The highest BCUT2D eigenvalue weighted by Gasteiger charge is 2.37. The second kappa shape index (κ2) is 2.64. The molecule has 0 saturated heterocycles. The fourth-order valence-corrected chi connectivity index (χ4v) is 3.03. The number of aliphatic imine (C=N–C) groups is 1. The molecule has 1 aliphatic heterocycles. The van der Waals surface area contributed by atoms with Crippen LogP contribution in [-0.2, 0) is 0 Å². The molecule has 2 nitrogen and oxygen atoms in total. The maximum atomic E-state index is 4.70. The normalized spacial score (nSPS) is 25.4. The standard InChI is InChI=1S/C14H12N2/c1-8-15-13-10-6-2-4-9-5-3-7-11(12(9)10)14(13)16-8/h2-7,13-14H,1H3,(H,15,16). The lowest BCUT2D eigenvalue weighted by atomic mass is 10.0. The molecule has 4 rings (SSSR count). The Hall–Kier alpha value is -1.83. The summed E-state index contributed by atoms with van der Waals surface area (Å²) in [4.78, 5) is 4.70. The zero-order valence-electron chi connectivity index (χ0n) is 9.07. The van der Waals surface area contributed by atoms with E-state index in [4.69, 9.17) is 4.99 Å². The summed E-state index contributed by atoms with van der Waals surface area (Å²) in [6.07, 6.45) is 0. The Bertz CT molecular complexity index is 622. The van der Waals surface area contributed by atoms with E-state index in [1.54, 1.807) is 0 Å². The number of hydrogen-bond acceptors (Lipinski definition) is 2. The molecular weight excluding hydrogens is 196 g/mol. The van der Waals surface area contributed by atoms with Crippen LogP contribution in [0.25, 0.3) is 10.8 Å². The van der Waals surface area contributed by atoms with Crippen molar-refractivity contribution in [3.8, 4) is 0 Å². The molecule has 1 heterocycles. The minimum absolute atomic E-state index is 0.293. The number of amidine groups is 1. The van der Waals surface area contributed by atoms with Gasteiger partial charge in [-0.15, -0.1) is 0 Å². The lowest BCUT2D eigenvalue weighted by molar-refractivity contribution is 0.599. The lowest BCUT2D eigenvalue weighted by Crippen LogP contribution is -2.19. The van der Waals surface area contributed by atoms with E-state index < -0.39 is 0 Å². The third-order valence-electron chi connectivity index (χ3n) is 3.64. The maximum Gasteiger partial charge on any atom is 0.102 e. The van der Waals surface area contributed by atoms with Crippen LogP contribution < -0.4 is 5.32 Å². The Labute approximate surface area is 94.0 Å². The van der Waals surface area contributed by atoms with Crippen LogP contribution in [0.3, 0.4) is 0 Å². The van der Waals surface area contributed by atoms with Crippen LogP contribution in [0.5, 0.6) is 0 Å². The Morgan fingerprint density at radius 3 is 2.62 bits per heavy atom. The predicted octanol–water partition coefficient (Wildman–Crippen LogP) is 2.96. The largest absolute Gasteiger partial charge is 0.365 e. The van der Waals surface area contributed by atoms with Gasteiger partial charge in [-0.05, 0) is 28.8 Å². The third kappa shape index (κ3) is 0.854. The molecule has 0 spiro atoms. The van der Waals surface area contributed by atoms with E-state index in [0.29, 0.717) is 12.1 Å². The van der Waals surface area contributed by atoms with Crippen molar-refractivity contribution in [2.75, 3.05) is 0 Å². The van der Waals surface area contributed by atoms with Crippen molar-refractivity contribution < 1.29 is 0 Å². The van der Waals surface area contributed by atoms with Crippen molar-refractivity contribution in [1.29, 1.82) is 0 Å². The van der Waals surface area contributed by atoms with Crippen molar-refractivity contribution >= 4 is 16.6 Å². The quantitative estimate of drug-likeness (QED) is 0.707. The summed E-state index contributed by atoms with van der Waals surface area (Å²) in [5.74, 6) is 1.06. The average Bonchev–Trinajstić information content (AvgIpc) is 2.80. The van der Waals surface area contributed by atoms with Crippen LogP contribution in [-0.4, -0.2) is 5.84 Å². The molecule has 1 aliphatic carbocycles. The molecule has 0 radical (unpaired) electrons. The van der Waals surface area contributed by atoms with Gasteiger partial charge in [-0.25, -0.2) is 0 Å². The van der Waals surface area contributed by atoms with Crippen LogP contribution >= 0.6 is 0 Å². The summed E-state index contributed by atoms with van der Waals surface area (Å²) in [5.41, 5.74) is 2.78. The monoisotopic (exact) mass is 208 g/mol. The van der Waals surface area contributed by atoms with Gasteiger partial charge in [-0.1, -0.05) is 36.4 Å². The van der Waals surface area contributed by atoms with E-state index in [-0.39, 0.29) is 0 Å². The minimum atomic E-state index is 0.293. The number of nitrogens with zero attached hydrogens (tertiary/aromatic N) is 1. The van der Waals surface area contributed by atoms with Crippen molar-refractivity contribution in [3.63, 3.8) is 0 Å². The third-order valence-corrected chi connectivity index (χ3v) is 3.64. The highest BCUT2D eigenvalue weighted by atomic mass is 15.1. The number of nitrogens with one attached hydrogen (secondary N) is 1. The topological polar surface area (TPSA) is 24.4 Å². The van der Waals surface area contributed by atoms with Crippen LogP contribution in [0.2, 0.25) is 0 Å². The molecule has 2 aromatic carbocycles. The van der Waals surface area contributed by atoms with E-state index >= 15 is 0 Å². The number of hydrogen-bond donors (Lipinski definition) is 1. The molecule has 0 bridgehead atoms. The van der Waals surface area contributed by atoms with Crippen LogP contribution in [0.4, 0.5) is 0 Å². The molecular formula is C14H12N2. The molecule has 2 aliphatic rings. The fraction of sp³-hybridized carbons (Fsp3) is 0.214. The van der Waals surface area contributed by atoms with Gasteiger partial charge in [0.05, 0.1) is 11.9 Å². The lowest BCUT2D eigenvalue weighted by Gasteiger charge is -2.10. The average molecular weight is 208 g/mol. The summed E-state index contributed by atoms with van der Waals surface area (Å²) in [6.45, 7) is 2.04. The molecule has 1 N–H and O–H groups in total. The molecule has 78 valence electrons. The molecule has 0 amide bonds. The first-order chi connectivity index (χ1) is 7.84. The Kier molecular flexibility index (Phi) is 1.38. The summed E-state index contributed by atoms with van der Waals surface area (Å²) < 4.78 is 0. The van der Waals surface area contributed by atoms with Gasteiger partial charge >= 0.3 is 0 Å². The predicted molar refractivity (Wildman–Crippen MR) is 65.7 cm³/mol. The van der Waals surface area contributed by atoms with Crippen LogP contribution in [0.1, 0.15) is 30.1 Å². The van der Waals surface area contributed by atoms with E-state index in [9.17, 15) is 0 Å². The second-order valence-electron chi connectivity index (χ2n) is 4.57. The Morgan fingerprint density at radius 1 is 1.06 bits per heavy atom. The van der Waals surface area contributed by atoms with Crippen molar-refractivity contribution in [2.24, 2.45) is 4.99 Å². The van der Waals surface area contributed by atoms with Gasteiger partial charge in [0, 0.05) is 0 Å². The molecule has 0 aromatic heterocycles. The first kappa shape index (κ1) is 8.34. The van der Waals surface area contributed by atoms with Gasteiger partial charge in [-0.2, -0.15) is 0 Å².